The van der Waals surface area contributed by atoms with Gasteiger partial charge in [-0.2, -0.15) is 0 Å². The highest BCUT2D eigenvalue weighted by Gasteiger charge is 2.18. The highest BCUT2D eigenvalue weighted by molar-refractivity contribution is 5.68. The minimum atomic E-state index is 0.163. The molecule has 1 aromatic carbocycles. The first-order valence-electron chi connectivity index (χ1n) is 11.3. The van der Waals surface area contributed by atoms with E-state index in [1.54, 1.807) is 11.8 Å². The molecule has 4 aromatic rings. The summed E-state index contributed by atoms with van der Waals surface area (Å²) in [7, 11) is 1.65. The van der Waals surface area contributed by atoms with Crippen molar-refractivity contribution in [2.75, 3.05) is 25.6 Å². The zero-order valence-corrected chi connectivity index (χ0v) is 19.4. The van der Waals surface area contributed by atoms with Crippen molar-refractivity contribution in [2.45, 2.75) is 25.6 Å². The molecule has 5 rings (SSSR count). The van der Waals surface area contributed by atoms with Gasteiger partial charge in [-0.05, 0) is 36.8 Å². The van der Waals surface area contributed by atoms with Gasteiger partial charge < -0.3 is 14.8 Å². The van der Waals surface area contributed by atoms with E-state index in [0.29, 0.717) is 37.1 Å². The maximum Gasteiger partial charge on any atom is 0.224 e. The van der Waals surface area contributed by atoms with Crippen LogP contribution in [0.4, 0.5) is 5.95 Å². The van der Waals surface area contributed by atoms with Crippen molar-refractivity contribution in [2.24, 2.45) is 0 Å². The van der Waals surface area contributed by atoms with Crippen LogP contribution in [0.1, 0.15) is 23.4 Å². The minimum absolute atomic E-state index is 0.163. The van der Waals surface area contributed by atoms with Crippen molar-refractivity contribution in [3.63, 3.8) is 0 Å². The molecule has 1 saturated heterocycles. The van der Waals surface area contributed by atoms with Gasteiger partial charge in [-0.3, -0.25) is 4.98 Å². The second kappa shape index (κ2) is 10.4. The maximum absolute atomic E-state index is 5.61. The lowest BCUT2D eigenvalue weighted by atomic mass is 10.1. The molecule has 1 fully saturated rings. The quantitative estimate of drug-likeness (QED) is 0.395. The average Bonchev–Trinajstić information content (AvgIpc) is 3.57. The number of hydrogen-bond acceptors (Lipinski definition) is 8. The van der Waals surface area contributed by atoms with Gasteiger partial charge in [-0.25, -0.2) is 14.6 Å². The van der Waals surface area contributed by atoms with Crippen LogP contribution in [0.5, 0.6) is 0 Å². The molecular weight excluding hydrogens is 442 g/mol. The lowest BCUT2D eigenvalue weighted by Gasteiger charge is -2.13. The SMILES string of the molecule is C#Cc1cccc(-c2cc(-c3cn(Cc4cccc(COC)n4)nn3)nc(N[C@@H]3CCOC3)n2)c1. The van der Waals surface area contributed by atoms with E-state index in [1.807, 2.05) is 54.7 Å². The Bertz CT molecular complexity index is 1360. The van der Waals surface area contributed by atoms with Gasteiger partial charge in [0.2, 0.25) is 5.95 Å². The van der Waals surface area contributed by atoms with Gasteiger partial charge >= 0.3 is 0 Å². The summed E-state index contributed by atoms with van der Waals surface area (Å²) < 4.78 is 12.4. The Morgan fingerprint density at radius 2 is 1.94 bits per heavy atom. The number of aromatic nitrogens is 6. The standard InChI is InChI=1S/C26H25N7O2/c1-3-18-6-4-7-19(12-18)23-13-24(30-26(29-23)28-22-10-11-35-17-22)25-15-33(32-31-25)14-20-8-5-9-21(27-20)16-34-2/h1,4-9,12-13,15,22H,10-11,14,16-17H2,2H3,(H,28,29,30)/t22-/m1/s1. The van der Waals surface area contributed by atoms with E-state index in [2.05, 4.69) is 26.5 Å². The van der Waals surface area contributed by atoms with Crippen LogP contribution in [0, 0.1) is 12.3 Å². The number of pyridine rings is 1. The summed E-state index contributed by atoms with van der Waals surface area (Å²) in [6, 6.07) is 15.6. The Balaban J connectivity index is 1.46. The van der Waals surface area contributed by atoms with Gasteiger partial charge in [0.15, 0.2) is 0 Å². The molecule has 0 radical (unpaired) electrons. The van der Waals surface area contributed by atoms with E-state index in [0.717, 1.165) is 41.2 Å². The molecule has 0 unspecified atom stereocenters. The average molecular weight is 468 g/mol. The molecule has 176 valence electrons. The molecule has 0 aliphatic carbocycles. The van der Waals surface area contributed by atoms with Crippen molar-refractivity contribution in [1.82, 2.24) is 29.9 Å². The summed E-state index contributed by atoms with van der Waals surface area (Å²) in [5.41, 5.74) is 5.48. The third-order valence-electron chi connectivity index (χ3n) is 5.60. The van der Waals surface area contributed by atoms with Crippen LogP contribution in [0.15, 0.2) is 54.7 Å². The molecule has 0 saturated carbocycles. The van der Waals surface area contributed by atoms with Gasteiger partial charge in [-0.1, -0.05) is 29.3 Å². The van der Waals surface area contributed by atoms with Crippen molar-refractivity contribution >= 4 is 5.95 Å². The smallest absolute Gasteiger partial charge is 0.224 e. The first kappa shape index (κ1) is 22.7. The summed E-state index contributed by atoms with van der Waals surface area (Å²) in [6.45, 7) is 2.29. The van der Waals surface area contributed by atoms with Gasteiger partial charge in [0.05, 0.1) is 54.8 Å². The molecule has 4 heterocycles. The fourth-order valence-corrected chi connectivity index (χ4v) is 3.89. The normalized spacial score (nSPS) is 15.1. The van der Waals surface area contributed by atoms with Crippen molar-refractivity contribution in [1.29, 1.82) is 0 Å². The number of nitrogens with zero attached hydrogens (tertiary/aromatic N) is 6. The molecule has 1 N–H and O–H groups in total. The summed E-state index contributed by atoms with van der Waals surface area (Å²) in [5.74, 6) is 3.20. The van der Waals surface area contributed by atoms with Crippen LogP contribution in [-0.2, 0) is 22.6 Å². The van der Waals surface area contributed by atoms with Crippen molar-refractivity contribution in [3.05, 3.63) is 71.7 Å². The predicted octanol–water partition coefficient (Wildman–Crippen LogP) is 3.17. The molecule has 1 aliphatic rings. The van der Waals surface area contributed by atoms with E-state index in [4.69, 9.17) is 25.9 Å². The Morgan fingerprint density at radius 1 is 1.09 bits per heavy atom. The molecule has 9 heteroatoms. The summed E-state index contributed by atoms with van der Waals surface area (Å²) in [6.07, 6.45) is 8.37. The monoisotopic (exact) mass is 467 g/mol. The molecule has 35 heavy (non-hydrogen) atoms. The molecule has 0 amide bonds. The van der Waals surface area contributed by atoms with Gasteiger partial charge in [0, 0.05) is 24.8 Å². The number of nitrogens with one attached hydrogen (secondary N) is 1. The highest BCUT2D eigenvalue weighted by Crippen LogP contribution is 2.25. The van der Waals surface area contributed by atoms with Gasteiger partial charge in [0.25, 0.3) is 0 Å². The molecule has 0 bridgehead atoms. The molecular formula is C26H25N7O2. The molecule has 1 aliphatic heterocycles. The first-order chi connectivity index (χ1) is 17.2. The Morgan fingerprint density at radius 3 is 2.77 bits per heavy atom. The topological polar surface area (TPSA) is 99.9 Å². The Kier molecular flexibility index (Phi) is 6.75. The van der Waals surface area contributed by atoms with Crippen molar-refractivity contribution < 1.29 is 9.47 Å². The Labute approximate surface area is 203 Å². The minimum Gasteiger partial charge on any atom is -0.379 e. The second-order valence-electron chi connectivity index (χ2n) is 8.25. The lowest BCUT2D eigenvalue weighted by Crippen LogP contribution is -2.20. The number of ether oxygens (including phenoxy) is 2. The molecule has 0 spiro atoms. The van der Waals surface area contributed by atoms with Gasteiger partial charge in [-0.15, -0.1) is 11.5 Å². The largest absolute Gasteiger partial charge is 0.379 e. The van der Waals surface area contributed by atoms with Gasteiger partial charge in [0.1, 0.15) is 5.69 Å². The third-order valence-corrected chi connectivity index (χ3v) is 5.60. The van der Waals surface area contributed by atoms with E-state index >= 15 is 0 Å². The lowest BCUT2D eigenvalue weighted by molar-refractivity contribution is 0.181. The Hall–Kier alpha value is -4.13. The second-order valence-corrected chi connectivity index (χ2v) is 8.25. The summed E-state index contributed by atoms with van der Waals surface area (Å²) in [4.78, 5) is 14.1. The van der Waals surface area contributed by atoms with E-state index in [-0.39, 0.29) is 6.04 Å². The fraction of sp³-hybridized carbons (Fsp3) is 0.269. The summed E-state index contributed by atoms with van der Waals surface area (Å²) in [5, 5.41) is 12.1. The molecule has 3 aromatic heterocycles. The van der Waals surface area contributed by atoms with E-state index < -0.39 is 0 Å². The number of terminal acetylenes is 1. The van der Waals surface area contributed by atoms with Crippen LogP contribution in [0.3, 0.4) is 0 Å². The predicted molar refractivity (Wildman–Crippen MR) is 131 cm³/mol. The van der Waals surface area contributed by atoms with Crippen LogP contribution in [-0.4, -0.2) is 56.3 Å². The number of anilines is 1. The fourth-order valence-electron chi connectivity index (χ4n) is 3.89. The molecule has 1 atom stereocenters. The number of rotatable bonds is 8. The number of benzene rings is 1. The van der Waals surface area contributed by atoms with E-state index in [1.165, 1.54) is 0 Å². The number of methoxy groups -OCH3 is 1. The van der Waals surface area contributed by atoms with E-state index in [9.17, 15) is 0 Å². The van der Waals surface area contributed by atoms with Crippen molar-refractivity contribution in [3.8, 4) is 35.0 Å². The number of hydrogen-bond donors (Lipinski definition) is 1. The first-order valence-corrected chi connectivity index (χ1v) is 11.3. The zero-order chi connectivity index (χ0) is 24.0. The molecule has 9 nitrogen and oxygen atoms in total. The highest BCUT2D eigenvalue weighted by atomic mass is 16.5. The van der Waals surface area contributed by atoms with Crippen LogP contribution in [0.2, 0.25) is 0 Å². The van der Waals surface area contributed by atoms with Crippen LogP contribution >= 0.6 is 0 Å². The zero-order valence-electron chi connectivity index (χ0n) is 19.4. The summed E-state index contributed by atoms with van der Waals surface area (Å²) >= 11 is 0. The van der Waals surface area contributed by atoms with Crippen LogP contribution in [0.25, 0.3) is 22.6 Å². The van der Waals surface area contributed by atoms with Crippen LogP contribution < -0.4 is 5.32 Å². The maximum atomic E-state index is 5.61. The third kappa shape index (κ3) is 5.51.